The Morgan fingerprint density at radius 1 is 1.33 bits per heavy atom. The van der Waals surface area contributed by atoms with Crippen LogP contribution in [-0.2, 0) is 17.5 Å². The molecular formula is C23H26F3N5O2. The predicted octanol–water partition coefficient (Wildman–Crippen LogP) is 2.82. The van der Waals surface area contributed by atoms with Crippen LogP contribution >= 0.6 is 0 Å². The zero-order valence-corrected chi connectivity index (χ0v) is 18.3. The van der Waals surface area contributed by atoms with Gasteiger partial charge in [0.25, 0.3) is 0 Å². The number of aryl methyl sites for hydroxylation is 1. The van der Waals surface area contributed by atoms with E-state index in [9.17, 15) is 23.1 Å². The average Bonchev–Trinajstić information content (AvgIpc) is 3.36. The average molecular weight is 461 g/mol. The summed E-state index contributed by atoms with van der Waals surface area (Å²) < 4.78 is 41.9. The number of carbonyl (C=O) groups is 1. The summed E-state index contributed by atoms with van der Waals surface area (Å²) in [5, 5.41) is 23.2. The van der Waals surface area contributed by atoms with Crippen LogP contribution in [0.25, 0.3) is 0 Å². The molecule has 2 saturated heterocycles. The molecule has 3 heterocycles. The Morgan fingerprint density at radius 3 is 2.64 bits per heavy atom. The van der Waals surface area contributed by atoms with E-state index in [-0.39, 0.29) is 30.4 Å². The Morgan fingerprint density at radius 2 is 2.06 bits per heavy atom. The second-order valence-corrected chi connectivity index (χ2v) is 9.06. The first kappa shape index (κ1) is 23.1. The molecular weight excluding hydrogens is 435 g/mol. The third-order valence-electron chi connectivity index (χ3n) is 7.00. The minimum absolute atomic E-state index is 0.0229. The van der Waals surface area contributed by atoms with Gasteiger partial charge in [-0.25, -0.2) is 0 Å². The molecule has 2 aromatic rings. The second-order valence-electron chi connectivity index (χ2n) is 9.06. The van der Waals surface area contributed by atoms with E-state index in [1.54, 1.807) is 21.8 Å². The fourth-order valence-corrected chi connectivity index (χ4v) is 5.10. The third kappa shape index (κ3) is 4.55. The number of rotatable bonds is 4. The fourth-order valence-electron chi connectivity index (χ4n) is 5.10. The Hall–Kier alpha value is -3.06. The van der Waals surface area contributed by atoms with E-state index in [2.05, 4.69) is 5.10 Å². The Bertz CT molecular complexity index is 1070. The first-order valence-corrected chi connectivity index (χ1v) is 10.9. The summed E-state index contributed by atoms with van der Waals surface area (Å²) in [6.07, 6.45) is 0.229. The van der Waals surface area contributed by atoms with Crippen molar-refractivity contribution in [2.75, 3.05) is 37.7 Å². The standard InChI is InChI=1S/C23H26F3N5O2/c1-16-10-28-31(11-16)13-21(33)29-6-4-22(5-7-29)15-30(12-18(22)14-32)19-3-2-17(9-27)20(8-19)23(24,25)26/h2-3,8,10-11,18,32H,4-7,12-15H2,1H3. The van der Waals surface area contributed by atoms with Gasteiger partial charge in [0.1, 0.15) is 6.54 Å². The Balaban J connectivity index is 1.47. The first-order valence-electron chi connectivity index (χ1n) is 10.9. The maximum Gasteiger partial charge on any atom is 0.417 e. The van der Waals surface area contributed by atoms with Crippen LogP contribution in [0, 0.1) is 29.6 Å². The normalized spacial score (nSPS) is 20.3. The van der Waals surface area contributed by atoms with Gasteiger partial charge >= 0.3 is 6.18 Å². The van der Waals surface area contributed by atoms with Gasteiger partial charge in [-0.3, -0.25) is 9.48 Å². The highest BCUT2D eigenvalue weighted by Gasteiger charge is 2.48. The van der Waals surface area contributed by atoms with Gasteiger partial charge in [0, 0.05) is 50.6 Å². The summed E-state index contributed by atoms with van der Waals surface area (Å²) in [5.74, 6) is -0.126. The Kier molecular flexibility index (Phi) is 6.10. The number of nitriles is 1. The van der Waals surface area contributed by atoms with E-state index in [4.69, 9.17) is 5.26 Å². The van der Waals surface area contributed by atoms with E-state index < -0.39 is 17.3 Å². The largest absolute Gasteiger partial charge is 0.417 e. The molecule has 1 spiro atoms. The third-order valence-corrected chi connectivity index (χ3v) is 7.00. The number of aromatic nitrogens is 2. The lowest BCUT2D eigenvalue weighted by molar-refractivity contribution is -0.138. The van der Waals surface area contributed by atoms with E-state index in [0.717, 1.165) is 11.6 Å². The molecule has 1 aromatic heterocycles. The number of likely N-dealkylation sites (tertiary alicyclic amines) is 1. The van der Waals surface area contributed by atoms with Gasteiger partial charge in [0.05, 0.1) is 23.4 Å². The molecule has 4 rings (SSSR count). The van der Waals surface area contributed by atoms with Crippen LogP contribution in [0.2, 0.25) is 0 Å². The number of aliphatic hydroxyl groups is 1. The van der Waals surface area contributed by atoms with Crippen molar-refractivity contribution in [2.24, 2.45) is 11.3 Å². The zero-order valence-electron chi connectivity index (χ0n) is 18.3. The minimum atomic E-state index is -4.62. The first-order chi connectivity index (χ1) is 15.6. The lowest BCUT2D eigenvalue weighted by Gasteiger charge is -2.42. The van der Waals surface area contributed by atoms with Crippen LogP contribution < -0.4 is 4.90 Å². The van der Waals surface area contributed by atoms with E-state index in [1.807, 2.05) is 18.0 Å². The van der Waals surface area contributed by atoms with Crippen LogP contribution in [0.5, 0.6) is 0 Å². The number of benzene rings is 1. The Labute approximate surface area is 190 Å². The topological polar surface area (TPSA) is 85.4 Å². The SMILES string of the molecule is Cc1cnn(CC(=O)N2CCC3(CC2)CN(c2ccc(C#N)c(C(F)(F)F)c2)CC3CO)c1. The van der Waals surface area contributed by atoms with Crippen molar-refractivity contribution in [3.63, 3.8) is 0 Å². The zero-order chi connectivity index (χ0) is 23.8. The molecule has 1 atom stereocenters. The van der Waals surface area contributed by atoms with Crippen LogP contribution in [-0.4, -0.2) is 58.5 Å². The molecule has 2 fully saturated rings. The number of carbonyl (C=O) groups excluding carboxylic acids is 1. The molecule has 2 aliphatic heterocycles. The van der Waals surface area contributed by atoms with E-state index >= 15 is 0 Å². The van der Waals surface area contributed by atoms with Gasteiger partial charge in [0.15, 0.2) is 0 Å². The number of piperidine rings is 1. The van der Waals surface area contributed by atoms with Gasteiger partial charge in [-0.2, -0.15) is 23.5 Å². The highest BCUT2D eigenvalue weighted by molar-refractivity contribution is 5.76. The fraction of sp³-hybridized carbons (Fsp3) is 0.522. The molecule has 33 heavy (non-hydrogen) atoms. The quantitative estimate of drug-likeness (QED) is 0.757. The summed E-state index contributed by atoms with van der Waals surface area (Å²) in [6.45, 7) is 4.00. The molecule has 1 aromatic carbocycles. The van der Waals surface area contributed by atoms with E-state index in [1.165, 1.54) is 12.1 Å². The van der Waals surface area contributed by atoms with Crippen molar-refractivity contribution >= 4 is 11.6 Å². The number of aliphatic hydroxyl groups excluding tert-OH is 1. The van der Waals surface area contributed by atoms with Crippen LogP contribution in [0.1, 0.15) is 29.5 Å². The molecule has 176 valence electrons. The molecule has 1 N–H and O–H groups in total. The lowest BCUT2D eigenvalue weighted by Crippen LogP contribution is -2.48. The molecule has 7 nitrogen and oxygen atoms in total. The van der Waals surface area contributed by atoms with Crippen molar-refractivity contribution in [1.82, 2.24) is 14.7 Å². The van der Waals surface area contributed by atoms with Crippen molar-refractivity contribution < 1.29 is 23.1 Å². The van der Waals surface area contributed by atoms with Gasteiger partial charge < -0.3 is 14.9 Å². The monoisotopic (exact) mass is 461 g/mol. The molecule has 0 saturated carbocycles. The maximum absolute atomic E-state index is 13.4. The van der Waals surface area contributed by atoms with Crippen LogP contribution in [0.3, 0.4) is 0 Å². The van der Waals surface area contributed by atoms with Crippen molar-refractivity contribution in [2.45, 2.75) is 32.5 Å². The second kappa shape index (κ2) is 8.71. The summed E-state index contributed by atoms with van der Waals surface area (Å²) in [4.78, 5) is 16.3. The molecule has 0 bridgehead atoms. The number of hydrogen-bond acceptors (Lipinski definition) is 5. The number of nitrogens with zero attached hydrogens (tertiary/aromatic N) is 5. The summed E-state index contributed by atoms with van der Waals surface area (Å²) in [7, 11) is 0. The summed E-state index contributed by atoms with van der Waals surface area (Å²) in [5.41, 5.74) is -0.255. The smallest absolute Gasteiger partial charge is 0.396 e. The molecule has 1 unspecified atom stereocenters. The molecule has 0 radical (unpaired) electrons. The minimum Gasteiger partial charge on any atom is -0.396 e. The van der Waals surface area contributed by atoms with Gasteiger partial charge in [-0.15, -0.1) is 0 Å². The number of anilines is 1. The van der Waals surface area contributed by atoms with Crippen molar-refractivity contribution in [1.29, 1.82) is 5.26 Å². The van der Waals surface area contributed by atoms with Crippen LogP contribution in [0.4, 0.5) is 18.9 Å². The van der Waals surface area contributed by atoms with Crippen molar-refractivity contribution in [3.05, 3.63) is 47.3 Å². The molecule has 0 aliphatic carbocycles. The highest BCUT2D eigenvalue weighted by atomic mass is 19.4. The van der Waals surface area contributed by atoms with Gasteiger partial charge in [-0.1, -0.05) is 0 Å². The van der Waals surface area contributed by atoms with Crippen molar-refractivity contribution in [3.8, 4) is 6.07 Å². The van der Waals surface area contributed by atoms with Crippen LogP contribution in [0.15, 0.2) is 30.6 Å². The highest BCUT2D eigenvalue weighted by Crippen LogP contribution is 2.46. The molecule has 10 heteroatoms. The number of hydrogen-bond donors (Lipinski definition) is 1. The number of alkyl halides is 3. The maximum atomic E-state index is 13.4. The van der Waals surface area contributed by atoms with E-state index in [0.29, 0.717) is 44.7 Å². The molecule has 1 amide bonds. The lowest BCUT2D eigenvalue weighted by atomic mass is 9.71. The number of amides is 1. The molecule has 2 aliphatic rings. The number of halogens is 3. The predicted molar refractivity (Wildman–Crippen MR) is 114 cm³/mol. The van der Waals surface area contributed by atoms with Gasteiger partial charge in [-0.05, 0) is 48.9 Å². The summed E-state index contributed by atoms with van der Waals surface area (Å²) >= 11 is 0. The van der Waals surface area contributed by atoms with Gasteiger partial charge in [0.2, 0.25) is 5.91 Å². The summed E-state index contributed by atoms with van der Waals surface area (Å²) in [6, 6.07) is 5.37.